The summed E-state index contributed by atoms with van der Waals surface area (Å²) < 4.78 is 0. The van der Waals surface area contributed by atoms with Crippen LogP contribution in [0.1, 0.15) is 52.0 Å². The first-order valence-corrected chi connectivity index (χ1v) is 7.20. The van der Waals surface area contributed by atoms with Crippen molar-refractivity contribution in [2.75, 3.05) is 18.5 Å². The van der Waals surface area contributed by atoms with Crippen LogP contribution in [0, 0.1) is 0 Å². The lowest BCUT2D eigenvalue weighted by atomic mass is 9.88. The summed E-state index contributed by atoms with van der Waals surface area (Å²) in [7, 11) is 2.01. The van der Waals surface area contributed by atoms with Gasteiger partial charge in [0.05, 0.1) is 5.60 Å². The average molecular weight is 262 g/mol. The van der Waals surface area contributed by atoms with Crippen LogP contribution in [0.15, 0.2) is 18.3 Å². The molecule has 1 aliphatic rings. The lowest BCUT2D eigenvalue weighted by Crippen LogP contribution is -2.39. The molecule has 1 aromatic heterocycles. The Morgan fingerprint density at radius 3 is 2.37 bits per heavy atom. The maximum absolute atomic E-state index is 10.4. The van der Waals surface area contributed by atoms with E-state index in [0.717, 1.165) is 31.5 Å². The van der Waals surface area contributed by atoms with Gasteiger partial charge in [-0.05, 0) is 29.9 Å². The lowest BCUT2D eigenvalue weighted by Gasteiger charge is -2.29. The molecule has 0 aromatic carbocycles. The molecule has 1 fully saturated rings. The molecule has 2 rings (SSSR count). The Labute approximate surface area is 116 Å². The molecule has 0 bridgehead atoms. The van der Waals surface area contributed by atoms with Gasteiger partial charge in [0.2, 0.25) is 0 Å². The maximum Gasteiger partial charge on any atom is 0.128 e. The van der Waals surface area contributed by atoms with Gasteiger partial charge >= 0.3 is 0 Å². The third-order valence-electron chi connectivity index (χ3n) is 4.07. The fraction of sp³-hybridized carbons (Fsp3) is 0.688. The van der Waals surface area contributed by atoms with Crippen molar-refractivity contribution in [1.82, 2.24) is 4.98 Å². The van der Waals surface area contributed by atoms with E-state index in [1.165, 1.54) is 5.56 Å². The van der Waals surface area contributed by atoms with Gasteiger partial charge in [-0.1, -0.05) is 39.7 Å². The Kier molecular flexibility index (Phi) is 3.86. The third-order valence-corrected chi connectivity index (χ3v) is 4.07. The fourth-order valence-corrected chi connectivity index (χ4v) is 2.77. The zero-order valence-electron chi connectivity index (χ0n) is 12.6. The predicted octanol–water partition coefficient (Wildman–Crippen LogP) is 3.12. The van der Waals surface area contributed by atoms with E-state index in [1.54, 1.807) is 0 Å². The first-order chi connectivity index (χ1) is 8.80. The quantitative estimate of drug-likeness (QED) is 0.909. The Morgan fingerprint density at radius 2 is 1.89 bits per heavy atom. The van der Waals surface area contributed by atoms with E-state index in [9.17, 15) is 5.11 Å². The van der Waals surface area contributed by atoms with Crippen LogP contribution in [0.3, 0.4) is 0 Å². The van der Waals surface area contributed by atoms with Crippen molar-refractivity contribution in [2.24, 2.45) is 0 Å². The van der Waals surface area contributed by atoms with Crippen LogP contribution in [0.5, 0.6) is 0 Å². The molecular formula is C16H26N2O. The molecule has 1 N–H and O–H groups in total. The van der Waals surface area contributed by atoms with E-state index < -0.39 is 5.60 Å². The standard InChI is InChI=1S/C16H26N2O/c1-15(2,3)13-7-8-14(17-11-13)18(4)12-16(19)9-5-6-10-16/h7-8,11,19H,5-6,9-10,12H2,1-4H3. The van der Waals surface area contributed by atoms with Gasteiger partial charge in [0.15, 0.2) is 0 Å². The minimum atomic E-state index is -0.515. The zero-order chi connectivity index (χ0) is 14.1. The second-order valence-electron chi connectivity index (χ2n) is 6.94. The second kappa shape index (κ2) is 5.12. The van der Waals surface area contributed by atoms with Gasteiger partial charge in [0, 0.05) is 19.8 Å². The molecular weight excluding hydrogens is 236 g/mol. The summed E-state index contributed by atoms with van der Waals surface area (Å²) in [5, 5.41) is 10.4. The minimum absolute atomic E-state index is 0.133. The van der Waals surface area contributed by atoms with E-state index in [4.69, 9.17) is 0 Å². The van der Waals surface area contributed by atoms with E-state index in [2.05, 4.69) is 42.8 Å². The van der Waals surface area contributed by atoms with Crippen LogP contribution in [0.25, 0.3) is 0 Å². The van der Waals surface area contributed by atoms with Crippen LogP contribution in [-0.4, -0.2) is 29.3 Å². The Balaban J connectivity index is 2.05. The van der Waals surface area contributed by atoms with Crippen molar-refractivity contribution in [3.8, 4) is 0 Å². The Hall–Kier alpha value is -1.09. The summed E-state index contributed by atoms with van der Waals surface area (Å²) in [6.45, 7) is 7.24. The summed E-state index contributed by atoms with van der Waals surface area (Å²) in [5.74, 6) is 0.938. The molecule has 1 saturated carbocycles. The van der Waals surface area contributed by atoms with Crippen molar-refractivity contribution in [1.29, 1.82) is 0 Å². The van der Waals surface area contributed by atoms with Gasteiger partial charge in [-0.25, -0.2) is 4.98 Å². The average Bonchev–Trinajstić information content (AvgIpc) is 2.75. The molecule has 0 spiro atoms. The van der Waals surface area contributed by atoms with Crippen molar-refractivity contribution in [2.45, 2.75) is 57.5 Å². The topological polar surface area (TPSA) is 36.4 Å². The highest BCUT2D eigenvalue weighted by Gasteiger charge is 2.32. The highest BCUT2D eigenvalue weighted by Crippen LogP contribution is 2.31. The summed E-state index contributed by atoms with van der Waals surface area (Å²) in [6, 6.07) is 4.19. The summed E-state index contributed by atoms with van der Waals surface area (Å²) in [5.41, 5.74) is 0.858. The summed E-state index contributed by atoms with van der Waals surface area (Å²) >= 11 is 0. The van der Waals surface area contributed by atoms with Gasteiger partial charge in [-0.15, -0.1) is 0 Å². The van der Waals surface area contributed by atoms with Crippen LogP contribution in [-0.2, 0) is 5.41 Å². The normalized spacial score (nSPS) is 18.6. The van der Waals surface area contributed by atoms with Crippen molar-refractivity contribution < 1.29 is 5.11 Å². The highest BCUT2D eigenvalue weighted by atomic mass is 16.3. The van der Waals surface area contributed by atoms with Crippen molar-refractivity contribution in [3.63, 3.8) is 0 Å². The number of aliphatic hydroxyl groups is 1. The number of rotatable bonds is 3. The number of nitrogens with zero attached hydrogens (tertiary/aromatic N) is 2. The number of hydrogen-bond donors (Lipinski definition) is 1. The smallest absolute Gasteiger partial charge is 0.128 e. The van der Waals surface area contributed by atoms with Gasteiger partial charge in [-0.2, -0.15) is 0 Å². The van der Waals surface area contributed by atoms with Gasteiger partial charge in [0.25, 0.3) is 0 Å². The lowest BCUT2D eigenvalue weighted by molar-refractivity contribution is 0.0558. The molecule has 19 heavy (non-hydrogen) atoms. The highest BCUT2D eigenvalue weighted by molar-refractivity contribution is 5.40. The Bertz CT molecular complexity index is 413. The van der Waals surface area contributed by atoms with E-state index in [1.807, 2.05) is 13.2 Å². The number of aromatic nitrogens is 1. The van der Waals surface area contributed by atoms with Gasteiger partial charge in [-0.3, -0.25) is 0 Å². The number of likely N-dealkylation sites (N-methyl/N-ethyl adjacent to an activating group) is 1. The first kappa shape index (κ1) is 14.3. The van der Waals surface area contributed by atoms with E-state index in [0.29, 0.717) is 6.54 Å². The maximum atomic E-state index is 10.4. The summed E-state index contributed by atoms with van der Waals surface area (Å²) in [6.07, 6.45) is 6.06. The first-order valence-electron chi connectivity index (χ1n) is 7.20. The summed E-state index contributed by atoms with van der Waals surface area (Å²) in [4.78, 5) is 6.60. The number of hydrogen-bond acceptors (Lipinski definition) is 3. The fourth-order valence-electron chi connectivity index (χ4n) is 2.77. The molecule has 1 heterocycles. The molecule has 0 amide bonds. The predicted molar refractivity (Wildman–Crippen MR) is 79.6 cm³/mol. The van der Waals surface area contributed by atoms with E-state index in [-0.39, 0.29) is 5.41 Å². The monoisotopic (exact) mass is 262 g/mol. The Morgan fingerprint density at radius 1 is 1.26 bits per heavy atom. The van der Waals surface area contributed by atoms with Gasteiger partial charge in [0.1, 0.15) is 5.82 Å². The molecule has 0 saturated heterocycles. The van der Waals surface area contributed by atoms with Crippen LogP contribution in [0.4, 0.5) is 5.82 Å². The van der Waals surface area contributed by atoms with Crippen LogP contribution in [0.2, 0.25) is 0 Å². The molecule has 0 unspecified atom stereocenters. The van der Waals surface area contributed by atoms with Crippen molar-refractivity contribution >= 4 is 5.82 Å². The number of anilines is 1. The largest absolute Gasteiger partial charge is 0.388 e. The molecule has 3 nitrogen and oxygen atoms in total. The SMILES string of the molecule is CN(CC1(O)CCCC1)c1ccc(C(C)(C)C)cn1. The van der Waals surface area contributed by atoms with E-state index >= 15 is 0 Å². The van der Waals surface area contributed by atoms with Crippen molar-refractivity contribution in [3.05, 3.63) is 23.9 Å². The zero-order valence-corrected chi connectivity index (χ0v) is 12.6. The minimum Gasteiger partial charge on any atom is -0.388 e. The third kappa shape index (κ3) is 3.47. The second-order valence-corrected chi connectivity index (χ2v) is 6.94. The van der Waals surface area contributed by atoms with Crippen LogP contribution >= 0.6 is 0 Å². The molecule has 1 aromatic rings. The van der Waals surface area contributed by atoms with Gasteiger partial charge < -0.3 is 10.0 Å². The van der Waals surface area contributed by atoms with Crippen LogP contribution < -0.4 is 4.90 Å². The molecule has 106 valence electrons. The molecule has 0 aliphatic heterocycles. The molecule has 0 atom stereocenters. The molecule has 1 aliphatic carbocycles. The molecule has 3 heteroatoms. The number of pyridine rings is 1. The molecule has 0 radical (unpaired) electrons.